The average Bonchev–Trinajstić information content (AvgIpc) is 2.74. The SMILES string of the molecule is CC(C)CC(N)(CN)C(=O)OC(C)(C)C1CCOC1=O. The lowest BCUT2D eigenvalue weighted by molar-refractivity contribution is -0.172. The van der Waals surface area contributed by atoms with Gasteiger partial charge in [0.2, 0.25) is 0 Å². The molecule has 0 amide bonds. The largest absolute Gasteiger partial charge is 0.465 e. The summed E-state index contributed by atoms with van der Waals surface area (Å²) in [7, 11) is 0. The fourth-order valence-corrected chi connectivity index (χ4v) is 2.52. The predicted molar refractivity (Wildman–Crippen MR) is 74.7 cm³/mol. The fraction of sp³-hybridized carbons (Fsp3) is 0.857. The first kappa shape index (κ1) is 16.9. The number of hydrogen-bond acceptors (Lipinski definition) is 6. The number of ether oxygens (including phenoxy) is 2. The molecule has 20 heavy (non-hydrogen) atoms. The van der Waals surface area contributed by atoms with E-state index in [0.717, 1.165) is 0 Å². The molecule has 1 fully saturated rings. The molecule has 1 saturated heterocycles. The van der Waals surface area contributed by atoms with Crippen molar-refractivity contribution < 1.29 is 19.1 Å². The van der Waals surface area contributed by atoms with Gasteiger partial charge in [-0.05, 0) is 32.6 Å². The maximum atomic E-state index is 12.3. The summed E-state index contributed by atoms with van der Waals surface area (Å²) in [5.41, 5.74) is 9.55. The van der Waals surface area contributed by atoms with E-state index in [0.29, 0.717) is 19.4 Å². The van der Waals surface area contributed by atoms with Gasteiger partial charge in [-0.1, -0.05) is 13.8 Å². The summed E-state index contributed by atoms with van der Waals surface area (Å²) in [6, 6.07) is 0. The molecule has 2 unspecified atom stereocenters. The van der Waals surface area contributed by atoms with Gasteiger partial charge in [-0.15, -0.1) is 0 Å². The van der Waals surface area contributed by atoms with Crippen molar-refractivity contribution in [1.29, 1.82) is 0 Å². The molecular weight excluding hydrogens is 260 g/mol. The summed E-state index contributed by atoms with van der Waals surface area (Å²) in [5, 5.41) is 0. The number of cyclic esters (lactones) is 1. The molecule has 2 atom stereocenters. The highest BCUT2D eigenvalue weighted by molar-refractivity contribution is 5.82. The Morgan fingerprint density at radius 1 is 1.50 bits per heavy atom. The molecule has 0 aromatic carbocycles. The van der Waals surface area contributed by atoms with Gasteiger partial charge in [0.1, 0.15) is 11.1 Å². The molecule has 4 N–H and O–H groups in total. The standard InChI is InChI=1S/C14H26N2O4/c1-9(2)7-14(16,8-15)12(18)20-13(3,4)10-5-6-19-11(10)17/h9-10H,5-8,15-16H2,1-4H3. The van der Waals surface area contributed by atoms with Gasteiger partial charge in [0.05, 0.1) is 12.5 Å². The lowest BCUT2D eigenvalue weighted by Crippen LogP contribution is -2.58. The van der Waals surface area contributed by atoms with E-state index in [-0.39, 0.29) is 18.4 Å². The molecular formula is C14H26N2O4. The highest BCUT2D eigenvalue weighted by Crippen LogP contribution is 2.31. The molecule has 0 aromatic rings. The Kier molecular flexibility index (Phi) is 5.15. The summed E-state index contributed by atoms with van der Waals surface area (Å²) >= 11 is 0. The van der Waals surface area contributed by atoms with E-state index in [1.807, 2.05) is 13.8 Å². The highest BCUT2D eigenvalue weighted by Gasteiger charge is 2.46. The second kappa shape index (κ2) is 6.10. The van der Waals surface area contributed by atoms with E-state index in [1.165, 1.54) is 0 Å². The maximum Gasteiger partial charge on any atom is 0.328 e. The number of hydrogen-bond donors (Lipinski definition) is 2. The maximum absolute atomic E-state index is 12.3. The molecule has 116 valence electrons. The van der Waals surface area contributed by atoms with Crippen LogP contribution in [-0.2, 0) is 19.1 Å². The Hall–Kier alpha value is -1.14. The van der Waals surface area contributed by atoms with Crippen LogP contribution in [0.1, 0.15) is 40.5 Å². The molecule has 1 rings (SSSR count). The zero-order chi connectivity index (χ0) is 15.6. The third-order valence-electron chi connectivity index (χ3n) is 3.67. The minimum absolute atomic E-state index is 0.00913. The van der Waals surface area contributed by atoms with E-state index in [9.17, 15) is 9.59 Å². The Balaban J connectivity index is 2.79. The summed E-state index contributed by atoms with van der Waals surface area (Å²) < 4.78 is 10.4. The van der Waals surface area contributed by atoms with E-state index >= 15 is 0 Å². The van der Waals surface area contributed by atoms with Crippen LogP contribution < -0.4 is 11.5 Å². The van der Waals surface area contributed by atoms with Crippen molar-refractivity contribution in [2.45, 2.75) is 51.7 Å². The lowest BCUT2D eigenvalue weighted by Gasteiger charge is -2.35. The number of nitrogens with two attached hydrogens (primary N) is 2. The molecule has 0 aromatic heterocycles. The van der Waals surface area contributed by atoms with Crippen LogP contribution in [0.5, 0.6) is 0 Å². The van der Waals surface area contributed by atoms with Crippen molar-refractivity contribution in [1.82, 2.24) is 0 Å². The van der Waals surface area contributed by atoms with Crippen LogP contribution in [0.3, 0.4) is 0 Å². The van der Waals surface area contributed by atoms with Crippen LogP contribution >= 0.6 is 0 Å². The van der Waals surface area contributed by atoms with E-state index in [4.69, 9.17) is 20.9 Å². The van der Waals surface area contributed by atoms with Gasteiger partial charge in [-0.2, -0.15) is 0 Å². The minimum atomic E-state index is -1.21. The number of rotatable bonds is 6. The van der Waals surface area contributed by atoms with Crippen molar-refractivity contribution in [3.05, 3.63) is 0 Å². The molecule has 0 aliphatic carbocycles. The summed E-state index contributed by atoms with van der Waals surface area (Å²) in [4.78, 5) is 24.0. The van der Waals surface area contributed by atoms with E-state index in [2.05, 4.69) is 0 Å². The van der Waals surface area contributed by atoms with Gasteiger partial charge in [0.25, 0.3) is 0 Å². The lowest BCUT2D eigenvalue weighted by atomic mass is 9.87. The van der Waals surface area contributed by atoms with Gasteiger partial charge in [0.15, 0.2) is 0 Å². The molecule has 1 heterocycles. The summed E-state index contributed by atoms with van der Waals surface area (Å²) in [6.45, 7) is 7.70. The molecule has 0 spiro atoms. The molecule has 6 heteroatoms. The Morgan fingerprint density at radius 2 is 2.10 bits per heavy atom. The first-order chi connectivity index (χ1) is 9.12. The Bertz CT molecular complexity index is 381. The van der Waals surface area contributed by atoms with Gasteiger partial charge >= 0.3 is 11.9 Å². The first-order valence-electron chi connectivity index (χ1n) is 7.01. The molecule has 0 radical (unpaired) electrons. The third-order valence-corrected chi connectivity index (χ3v) is 3.67. The summed E-state index contributed by atoms with van der Waals surface area (Å²) in [6.07, 6.45) is 0.983. The quantitative estimate of drug-likeness (QED) is 0.692. The van der Waals surface area contributed by atoms with Crippen molar-refractivity contribution in [3.8, 4) is 0 Å². The Morgan fingerprint density at radius 3 is 2.50 bits per heavy atom. The number of esters is 2. The molecule has 6 nitrogen and oxygen atoms in total. The van der Waals surface area contributed by atoms with Crippen LogP contribution in [-0.4, -0.2) is 36.2 Å². The van der Waals surface area contributed by atoms with Crippen molar-refractivity contribution in [2.75, 3.05) is 13.2 Å². The molecule has 1 aliphatic heterocycles. The van der Waals surface area contributed by atoms with Gasteiger partial charge < -0.3 is 20.9 Å². The van der Waals surface area contributed by atoms with Crippen molar-refractivity contribution in [3.63, 3.8) is 0 Å². The number of carbonyl (C=O) groups excluding carboxylic acids is 2. The van der Waals surface area contributed by atoms with Crippen molar-refractivity contribution >= 4 is 11.9 Å². The van der Waals surface area contributed by atoms with Crippen LogP contribution in [0.15, 0.2) is 0 Å². The first-order valence-corrected chi connectivity index (χ1v) is 7.01. The van der Waals surface area contributed by atoms with Crippen LogP contribution in [0.4, 0.5) is 0 Å². The van der Waals surface area contributed by atoms with Gasteiger partial charge in [-0.3, -0.25) is 4.79 Å². The zero-order valence-corrected chi connectivity index (χ0v) is 12.8. The van der Waals surface area contributed by atoms with Crippen LogP contribution in [0, 0.1) is 11.8 Å². The number of carbonyl (C=O) groups is 2. The fourth-order valence-electron chi connectivity index (χ4n) is 2.52. The smallest absolute Gasteiger partial charge is 0.328 e. The highest BCUT2D eigenvalue weighted by atomic mass is 16.6. The summed E-state index contributed by atoms with van der Waals surface area (Å²) in [5.74, 6) is -1.12. The van der Waals surface area contributed by atoms with Crippen LogP contribution in [0.25, 0.3) is 0 Å². The normalized spacial score (nSPS) is 22.6. The molecule has 0 bridgehead atoms. The van der Waals surface area contributed by atoms with Crippen molar-refractivity contribution in [2.24, 2.45) is 23.3 Å². The average molecular weight is 286 g/mol. The second-order valence-electron chi connectivity index (χ2n) is 6.46. The van der Waals surface area contributed by atoms with Crippen LogP contribution in [0.2, 0.25) is 0 Å². The van der Waals surface area contributed by atoms with Gasteiger partial charge in [-0.25, -0.2) is 4.79 Å². The zero-order valence-electron chi connectivity index (χ0n) is 12.8. The minimum Gasteiger partial charge on any atom is -0.465 e. The molecule has 0 saturated carbocycles. The topological polar surface area (TPSA) is 105 Å². The second-order valence-corrected chi connectivity index (χ2v) is 6.46. The predicted octanol–water partition coefficient (Wildman–Crippen LogP) is 0.574. The molecule has 1 aliphatic rings. The van der Waals surface area contributed by atoms with E-state index in [1.54, 1.807) is 13.8 Å². The van der Waals surface area contributed by atoms with E-state index < -0.39 is 23.0 Å². The monoisotopic (exact) mass is 286 g/mol. The Labute approximate surface area is 120 Å². The van der Waals surface area contributed by atoms with Gasteiger partial charge in [0, 0.05) is 6.54 Å². The third kappa shape index (κ3) is 3.70.